The summed E-state index contributed by atoms with van der Waals surface area (Å²) in [4.78, 5) is 15.9. The van der Waals surface area contributed by atoms with E-state index in [-0.39, 0.29) is 11.3 Å². The van der Waals surface area contributed by atoms with Gasteiger partial charge in [-0.2, -0.15) is 0 Å². The number of halogens is 3. The van der Waals surface area contributed by atoms with Crippen LogP contribution < -0.4 is 10.1 Å². The number of rotatable bonds is 5. The predicted octanol–water partition coefficient (Wildman–Crippen LogP) is 1.97. The van der Waals surface area contributed by atoms with Crippen molar-refractivity contribution < 1.29 is 27.8 Å². The summed E-state index contributed by atoms with van der Waals surface area (Å²) >= 11 is 0. The normalized spacial score (nSPS) is 11.9. The maximum absolute atomic E-state index is 13.3. The van der Waals surface area contributed by atoms with E-state index < -0.39 is 36.0 Å². The molecule has 2 N–H and O–H groups in total. The molecule has 0 fully saturated rings. The number of aliphatic hydroxyl groups is 1. The Balaban J connectivity index is 2.23. The molecule has 122 valence electrons. The summed E-state index contributed by atoms with van der Waals surface area (Å²) in [6.07, 6.45) is 1.35. The highest BCUT2D eigenvalue weighted by atomic mass is 19.2. The Morgan fingerprint density at radius 1 is 1.30 bits per heavy atom. The van der Waals surface area contributed by atoms with Gasteiger partial charge in [0.05, 0.1) is 19.8 Å². The lowest BCUT2D eigenvalue weighted by Gasteiger charge is -2.17. The number of carbonyl (C=O) groups is 1. The van der Waals surface area contributed by atoms with Crippen LogP contribution in [0.15, 0.2) is 30.5 Å². The highest BCUT2D eigenvalue weighted by molar-refractivity contribution is 5.92. The quantitative estimate of drug-likeness (QED) is 0.824. The van der Waals surface area contributed by atoms with Crippen LogP contribution in [0.2, 0.25) is 0 Å². The van der Waals surface area contributed by atoms with Crippen LogP contribution in [0.5, 0.6) is 5.75 Å². The Kier molecular flexibility index (Phi) is 5.17. The van der Waals surface area contributed by atoms with E-state index in [1.165, 1.54) is 25.4 Å². The Hall–Kier alpha value is -2.61. The molecule has 1 unspecified atom stereocenters. The van der Waals surface area contributed by atoms with Gasteiger partial charge >= 0.3 is 0 Å². The van der Waals surface area contributed by atoms with E-state index in [9.17, 15) is 23.1 Å². The minimum Gasteiger partial charge on any atom is -0.497 e. The number of methoxy groups -OCH3 is 1. The lowest BCUT2D eigenvalue weighted by molar-refractivity contribution is 0.0910. The van der Waals surface area contributed by atoms with Crippen LogP contribution in [0.4, 0.5) is 13.2 Å². The molecule has 0 aliphatic carbocycles. The van der Waals surface area contributed by atoms with Gasteiger partial charge in [-0.1, -0.05) is 0 Å². The summed E-state index contributed by atoms with van der Waals surface area (Å²) in [5, 5.41) is 11.7. The maximum atomic E-state index is 13.3. The minimum atomic E-state index is -1.62. The zero-order chi connectivity index (χ0) is 17.0. The first-order valence-corrected chi connectivity index (χ1v) is 6.52. The van der Waals surface area contributed by atoms with Gasteiger partial charge in [0, 0.05) is 12.3 Å². The molecule has 0 spiro atoms. The Bertz CT molecular complexity index is 702. The second kappa shape index (κ2) is 7.10. The predicted molar refractivity (Wildman–Crippen MR) is 74.4 cm³/mol. The first kappa shape index (κ1) is 16.8. The summed E-state index contributed by atoms with van der Waals surface area (Å²) in [6, 6.07) is 3.18. The van der Waals surface area contributed by atoms with Crippen molar-refractivity contribution in [2.24, 2.45) is 0 Å². The molecule has 5 nitrogen and oxygen atoms in total. The molecule has 0 bridgehead atoms. The molecular formula is C15H13F3N2O3. The third kappa shape index (κ3) is 3.78. The van der Waals surface area contributed by atoms with Gasteiger partial charge in [0.2, 0.25) is 0 Å². The topological polar surface area (TPSA) is 71.5 Å². The Morgan fingerprint density at radius 2 is 1.96 bits per heavy atom. The van der Waals surface area contributed by atoms with Crippen LogP contribution in [-0.2, 0) is 0 Å². The van der Waals surface area contributed by atoms with Crippen molar-refractivity contribution in [2.45, 2.75) is 6.04 Å². The average Bonchev–Trinajstić information content (AvgIpc) is 2.56. The van der Waals surface area contributed by atoms with E-state index in [0.29, 0.717) is 17.9 Å². The van der Waals surface area contributed by atoms with E-state index in [1.54, 1.807) is 0 Å². The number of benzene rings is 1. The molecule has 0 radical (unpaired) electrons. The maximum Gasteiger partial charge on any atom is 0.270 e. The fourth-order valence-corrected chi connectivity index (χ4v) is 1.91. The molecule has 1 heterocycles. The second-order valence-corrected chi connectivity index (χ2v) is 4.59. The van der Waals surface area contributed by atoms with Crippen LogP contribution >= 0.6 is 0 Å². The van der Waals surface area contributed by atoms with Gasteiger partial charge in [0.1, 0.15) is 11.4 Å². The van der Waals surface area contributed by atoms with Crippen molar-refractivity contribution in [1.82, 2.24) is 10.3 Å². The highest BCUT2D eigenvalue weighted by Crippen LogP contribution is 2.20. The number of hydrogen-bond acceptors (Lipinski definition) is 4. The smallest absolute Gasteiger partial charge is 0.270 e. The molecule has 0 aliphatic rings. The molecule has 8 heteroatoms. The van der Waals surface area contributed by atoms with Gasteiger partial charge in [-0.05, 0) is 23.8 Å². The SMILES string of the molecule is COc1ccnc(C(=O)NC(CO)c2cc(F)c(F)c(F)c2)c1. The van der Waals surface area contributed by atoms with Crippen LogP contribution in [0.25, 0.3) is 0 Å². The molecule has 0 saturated heterocycles. The van der Waals surface area contributed by atoms with Gasteiger partial charge in [-0.3, -0.25) is 9.78 Å². The van der Waals surface area contributed by atoms with Crippen molar-refractivity contribution in [1.29, 1.82) is 0 Å². The lowest BCUT2D eigenvalue weighted by Crippen LogP contribution is -2.31. The summed E-state index contributed by atoms with van der Waals surface area (Å²) < 4.78 is 44.4. The number of aromatic nitrogens is 1. The Labute approximate surface area is 129 Å². The molecule has 0 aliphatic heterocycles. The van der Waals surface area contributed by atoms with Gasteiger partial charge < -0.3 is 15.2 Å². The number of ether oxygens (including phenoxy) is 1. The number of nitrogens with zero attached hydrogens (tertiary/aromatic N) is 1. The summed E-state index contributed by atoms with van der Waals surface area (Å²) in [7, 11) is 1.41. The first-order chi connectivity index (χ1) is 11.0. The van der Waals surface area contributed by atoms with Gasteiger partial charge in [0.15, 0.2) is 17.5 Å². The molecule has 1 aromatic heterocycles. The van der Waals surface area contributed by atoms with Crippen LogP contribution in [-0.4, -0.2) is 29.7 Å². The number of hydrogen-bond donors (Lipinski definition) is 2. The molecule has 1 amide bonds. The van der Waals surface area contributed by atoms with Crippen molar-refractivity contribution in [3.8, 4) is 5.75 Å². The van der Waals surface area contributed by atoms with Crippen molar-refractivity contribution in [3.05, 3.63) is 59.2 Å². The zero-order valence-corrected chi connectivity index (χ0v) is 12.0. The summed E-state index contributed by atoms with van der Waals surface area (Å²) in [5.74, 6) is -4.73. The monoisotopic (exact) mass is 326 g/mol. The average molecular weight is 326 g/mol. The number of pyridine rings is 1. The third-order valence-corrected chi connectivity index (χ3v) is 3.10. The molecular weight excluding hydrogens is 313 g/mol. The van der Waals surface area contributed by atoms with Crippen LogP contribution in [0.3, 0.4) is 0 Å². The van der Waals surface area contributed by atoms with Crippen molar-refractivity contribution >= 4 is 5.91 Å². The largest absolute Gasteiger partial charge is 0.497 e. The summed E-state index contributed by atoms with van der Waals surface area (Å²) in [6.45, 7) is -0.639. The van der Waals surface area contributed by atoms with E-state index >= 15 is 0 Å². The standard InChI is InChI=1S/C15H13F3N2O3/c1-23-9-2-3-19-12(6-9)15(22)20-13(7-21)8-4-10(16)14(18)11(17)5-8/h2-6,13,21H,7H2,1H3,(H,20,22). The summed E-state index contributed by atoms with van der Waals surface area (Å²) in [5.41, 5.74) is -0.119. The Morgan fingerprint density at radius 3 is 2.52 bits per heavy atom. The minimum absolute atomic E-state index is 0.00847. The molecule has 0 saturated carbocycles. The van der Waals surface area contributed by atoms with Gasteiger partial charge in [-0.25, -0.2) is 13.2 Å². The fraction of sp³-hybridized carbons (Fsp3) is 0.200. The van der Waals surface area contributed by atoms with Crippen LogP contribution in [0, 0.1) is 17.5 Å². The molecule has 1 aromatic carbocycles. The molecule has 23 heavy (non-hydrogen) atoms. The molecule has 2 aromatic rings. The van der Waals surface area contributed by atoms with Gasteiger partial charge in [-0.15, -0.1) is 0 Å². The zero-order valence-electron chi connectivity index (χ0n) is 12.0. The second-order valence-electron chi connectivity index (χ2n) is 4.59. The van der Waals surface area contributed by atoms with E-state index in [0.717, 1.165) is 0 Å². The van der Waals surface area contributed by atoms with E-state index in [2.05, 4.69) is 10.3 Å². The van der Waals surface area contributed by atoms with Crippen LogP contribution in [0.1, 0.15) is 22.1 Å². The number of nitrogens with one attached hydrogen (secondary N) is 1. The van der Waals surface area contributed by atoms with E-state index in [1.807, 2.05) is 0 Å². The first-order valence-electron chi connectivity index (χ1n) is 6.52. The number of aliphatic hydroxyl groups excluding tert-OH is 1. The number of amides is 1. The lowest BCUT2D eigenvalue weighted by atomic mass is 10.1. The van der Waals surface area contributed by atoms with Gasteiger partial charge in [0.25, 0.3) is 5.91 Å². The molecule has 1 atom stereocenters. The fourth-order valence-electron chi connectivity index (χ4n) is 1.91. The number of carbonyl (C=O) groups excluding carboxylic acids is 1. The van der Waals surface area contributed by atoms with Crippen molar-refractivity contribution in [3.63, 3.8) is 0 Å². The highest BCUT2D eigenvalue weighted by Gasteiger charge is 2.20. The molecule has 2 rings (SSSR count). The third-order valence-electron chi connectivity index (χ3n) is 3.10. The van der Waals surface area contributed by atoms with E-state index in [4.69, 9.17) is 4.74 Å². The van der Waals surface area contributed by atoms with Crippen molar-refractivity contribution in [2.75, 3.05) is 13.7 Å².